The largest absolute Gasteiger partial charge is 0.478 e. The summed E-state index contributed by atoms with van der Waals surface area (Å²) in [6.45, 7) is 1.90. The SMILES string of the molecule is CCc1nc2[nH]ncc2c(NC2CC2)c1C(=O)O. The standard InChI is InChI=1S/C12H14N4O2/c1-2-8-9(12(17)18)10(14-6-3-4-6)7-5-13-16-11(7)15-8/h5-6H,2-4H2,1H3,(H,17,18)(H2,13,14,15,16). The number of aromatic amines is 1. The van der Waals surface area contributed by atoms with Gasteiger partial charge in [0.05, 0.1) is 23.0 Å². The molecule has 0 unspecified atom stereocenters. The quantitative estimate of drug-likeness (QED) is 0.765. The van der Waals surface area contributed by atoms with Crippen molar-refractivity contribution in [3.63, 3.8) is 0 Å². The molecule has 0 bridgehead atoms. The minimum atomic E-state index is -0.939. The van der Waals surface area contributed by atoms with Crippen LogP contribution < -0.4 is 5.32 Å². The molecular weight excluding hydrogens is 232 g/mol. The predicted octanol–water partition coefficient (Wildman–Crippen LogP) is 1.79. The number of hydrogen-bond acceptors (Lipinski definition) is 4. The summed E-state index contributed by atoms with van der Waals surface area (Å²) in [4.78, 5) is 15.8. The molecule has 2 aromatic heterocycles. The molecule has 0 radical (unpaired) electrons. The average molecular weight is 246 g/mol. The maximum atomic E-state index is 11.5. The maximum absolute atomic E-state index is 11.5. The number of aromatic nitrogens is 3. The van der Waals surface area contributed by atoms with Crippen molar-refractivity contribution in [2.24, 2.45) is 0 Å². The highest BCUT2D eigenvalue weighted by atomic mass is 16.4. The molecule has 2 heterocycles. The summed E-state index contributed by atoms with van der Waals surface area (Å²) in [7, 11) is 0. The van der Waals surface area contributed by atoms with Crippen LogP contribution in [0, 0.1) is 0 Å². The molecule has 0 aliphatic heterocycles. The van der Waals surface area contributed by atoms with Crippen LogP contribution in [-0.4, -0.2) is 32.3 Å². The van der Waals surface area contributed by atoms with Gasteiger partial charge < -0.3 is 10.4 Å². The molecular formula is C12H14N4O2. The van der Waals surface area contributed by atoms with Crippen LogP contribution >= 0.6 is 0 Å². The number of nitrogens with one attached hydrogen (secondary N) is 2. The Hall–Kier alpha value is -2.11. The average Bonchev–Trinajstić information content (AvgIpc) is 3.03. The molecule has 1 aliphatic rings. The van der Waals surface area contributed by atoms with E-state index in [9.17, 15) is 9.90 Å². The Morgan fingerprint density at radius 2 is 2.39 bits per heavy atom. The molecule has 0 amide bonds. The topological polar surface area (TPSA) is 90.9 Å². The number of carbonyl (C=O) groups is 1. The fourth-order valence-corrected chi connectivity index (χ4v) is 2.09. The van der Waals surface area contributed by atoms with E-state index in [1.807, 2.05) is 6.92 Å². The second kappa shape index (κ2) is 3.97. The number of rotatable bonds is 4. The number of carboxylic acids is 1. The second-order valence-electron chi connectivity index (χ2n) is 4.52. The van der Waals surface area contributed by atoms with Crippen molar-refractivity contribution in [1.29, 1.82) is 0 Å². The van der Waals surface area contributed by atoms with E-state index < -0.39 is 5.97 Å². The van der Waals surface area contributed by atoms with Crippen LogP contribution in [0.3, 0.4) is 0 Å². The van der Waals surface area contributed by atoms with Crippen LogP contribution in [0.5, 0.6) is 0 Å². The highest BCUT2D eigenvalue weighted by Gasteiger charge is 2.27. The fourth-order valence-electron chi connectivity index (χ4n) is 2.09. The van der Waals surface area contributed by atoms with Gasteiger partial charge in [-0.1, -0.05) is 6.92 Å². The van der Waals surface area contributed by atoms with Crippen molar-refractivity contribution in [2.75, 3.05) is 5.32 Å². The molecule has 0 saturated heterocycles. The highest BCUT2D eigenvalue weighted by molar-refractivity contribution is 6.04. The number of nitrogens with zero attached hydrogens (tertiary/aromatic N) is 2. The van der Waals surface area contributed by atoms with Gasteiger partial charge in [-0.05, 0) is 19.3 Å². The van der Waals surface area contributed by atoms with Crippen LogP contribution in [0.2, 0.25) is 0 Å². The normalized spacial score (nSPS) is 14.9. The molecule has 1 fully saturated rings. The van der Waals surface area contributed by atoms with E-state index in [4.69, 9.17) is 0 Å². The Morgan fingerprint density at radius 3 is 3.00 bits per heavy atom. The Morgan fingerprint density at radius 1 is 1.61 bits per heavy atom. The molecule has 3 N–H and O–H groups in total. The summed E-state index contributed by atoms with van der Waals surface area (Å²) in [6.07, 6.45) is 4.37. The molecule has 6 nitrogen and oxygen atoms in total. The van der Waals surface area contributed by atoms with Crippen molar-refractivity contribution in [2.45, 2.75) is 32.2 Å². The van der Waals surface area contributed by atoms with Crippen molar-refractivity contribution < 1.29 is 9.90 Å². The van der Waals surface area contributed by atoms with Crippen molar-refractivity contribution in [3.05, 3.63) is 17.5 Å². The van der Waals surface area contributed by atoms with Gasteiger partial charge in [-0.15, -0.1) is 0 Å². The first-order chi connectivity index (χ1) is 8.70. The third-order valence-corrected chi connectivity index (χ3v) is 3.15. The van der Waals surface area contributed by atoms with E-state index in [1.54, 1.807) is 6.20 Å². The zero-order chi connectivity index (χ0) is 12.7. The molecule has 3 rings (SSSR count). The van der Waals surface area contributed by atoms with Crippen LogP contribution in [0.4, 0.5) is 5.69 Å². The Labute approximate surface area is 103 Å². The number of pyridine rings is 1. The molecule has 1 saturated carbocycles. The first kappa shape index (κ1) is 11.0. The number of fused-ring (bicyclic) bond motifs is 1. The molecule has 0 spiro atoms. The summed E-state index contributed by atoms with van der Waals surface area (Å²) in [5, 5.41) is 20.2. The van der Waals surface area contributed by atoms with Crippen molar-refractivity contribution >= 4 is 22.7 Å². The summed E-state index contributed by atoms with van der Waals surface area (Å²) in [5.41, 5.74) is 2.15. The molecule has 0 aromatic carbocycles. The molecule has 18 heavy (non-hydrogen) atoms. The zero-order valence-electron chi connectivity index (χ0n) is 10.0. The molecule has 1 aliphatic carbocycles. The predicted molar refractivity (Wildman–Crippen MR) is 66.9 cm³/mol. The zero-order valence-corrected chi connectivity index (χ0v) is 10.0. The van der Waals surface area contributed by atoms with Crippen molar-refractivity contribution in [3.8, 4) is 0 Å². The first-order valence-electron chi connectivity index (χ1n) is 6.06. The summed E-state index contributed by atoms with van der Waals surface area (Å²) in [5.74, 6) is -0.939. The summed E-state index contributed by atoms with van der Waals surface area (Å²) in [6, 6.07) is 0.383. The van der Waals surface area contributed by atoms with E-state index in [-0.39, 0.29) is 5.56 Å². The summed E-state index contributed by atoms with van der Waals surface area (Å²) >= 11 is 0. The number of H-pyrrole nitrogens is 1. The number of aromatic carboxylic acids is 1. The van der Waals surface area contributed by atoms with Gasteiger partial charge in [0.25, 0.3) is 0 Å². The first-order valence-corrected chi connectivity index (χ1v) is 6.06. The lowest BCUT2D eigenvalue weighted by Gasteiger charge is -2.12. The smallest absolute Gasteiger partial charge is 0.339 e. The third-order valence-electron chi connectivity index (χ3n) is 3.15. The van der Waals surface area contributed by atoms with Crippen molar-refractivity contribution in [1.82, 2.24) is 15.2 Å². The van der Waals surface area contributed by atoms with E-state index in [0.29, 0.717) is 29.5 Å². The molecule has 94 valence electrons. The van der Waals surface area contributed by atoms with Crippen LogP contribution in [0.1, 0.15) is 35.8 Å². The molecule has 2 aromatic rings. The monoisotopic (exact) mass is 246 g/mol. The van der Waals surface area contributed by atoms with E-state index in [0.717, 1.165) is 18.2 Å². The Kier molecular flexibility index (Phi) is 2.43. The molecule has 6 heteroatoms. The van der Waals surface area contributed by atoms with E-state index in [1.165, 1.54) is 0 Å². The highest BCUT2D eigenvalue weighted by Crippen LogP contribution is 2.33. The van der Waals surface area contributed by atoms with Crippen LogP contribution in [-0.2, 0) is 6.42 Å². The lowest BCUT2D eigenvalue weighted by atomic mass is 10.1. The van der Waals surface area contributed by atoms with Gasteiger partial charge in [0, 0.05) is 6.04 Å². The van der Waals surface area contributed by atoms with Gasteiger partial charge in [0.15, 0.2) is 5.65 Å². The van der Waals surface area contributed by atoms with Gasteiger partial charge >= 0.3 is 5.97 Å². The minimum Gasteiger partial charge on any atom is -0.478 e. The number of hydrogen-bond donors (Lipinski definition) is 3. The third kappa shape index (κ3) is 1.70. The molecule has 0 atom stereocenters. The Balaban J connectivity index is 2.26. The van der Waals surface area contributed by atoms with Crippen LogP contribution in [0.25, 0.3) is 11.0 Å². The van der Waals surface area contributed by atoms with Gasteiger partial charge in [0.2, 0.25) is 0 Å². The fraction of sp³-hybridized carbons (Fsp3) is 0.417. The van der Waals surface area contributed by atoms with Gasteiger partial charge in [-0.2, -0.15) is 5.10 Å². The maximum Gasteiger partial charge on any atom is 0.339 e. The number of carboxylic acid groups (broad SMARTS) is 1. The van der Waals surface area contributed by atoms with E-state index >= 15 is 0 Å². The lowest BCUT2D eigenvalue weighted by molar-refractivity contribution is 0.0696. The minimum absolute atomic E-state index is 0.276. The van der Waals surface area contributed by atoms with Crippen LogP contribution in [0.15, 0.2) is 6.20 Å². The Bertz CT molecular complexity index is 616. The summed E-state index contributed by atoms with van der Waals surface area (Å²) < 4.78 is 0. The lowest BCUT2D eigenvalue weighted by Crippen LogP contribution is -2.12. The van der Waals surface area contributed by atoms with Gasteiger partial charge in [-0.3, -0.25) is 5.10 Å². The number of aryl methyl sites for hydroxylation is 1. The van der Waals surface area contributed by atoms with E-state index in [2.05, 4.69) is 20.5 Å². The second-order valence-corrected chi connectivity index (χ2v) is 4.52. The number of anilines is 1. The van der Waals surface area contributed by atoms with Gasteiger partial charge in [-0.25, -0.2) is 9.78 Å². The van der Waals surface area contributed by atoms with Gasteiger partial charge in [0.1, 0.15) is 5.56 Å².